The largest absolute Gasteiger partial charge is 0.480 e. The van der Waals surface area contributed by atoms with E-state index < -0.39 is 35.9 Å². The van der Waals surface area contributed by atoms with Gasteiger partial charge in [-0.1, -0.05) is 88.4 Å². The van der Waals surface area contributed by atoms with Crippen molar-refractivity contribution in [2.75, 3.05) is 32.8 Å². The third kappa shape index (κ3) is 13.4. The van der Waals surface area contributed by atoms with Crippen LogP contribution in [0.25, 0.3) is 0 Å². The molecule has 1 fully saturated rings. The number of carbonyl (C=O) groups excluding carboxylic acids is 3. The zero-order chi connectivity index (χ0) is 31.6. The first-order valence-corrected chi connectivity index (χ1v) is 15.2. The van der Waals surface area contributed by atoms with Crippen LogP contribution >= 0.6 is 0 Å². The number of benzene rings is 2. The van der Waals surface area contributed by atoms with E-state index in [1.54, 1.807) is 24.3 Å². The number of amides is 3. The SMILES string of the molecule is CC.CC(C)C[C@H](NC(=O)[C@H](CCc1ccccc1)NC(=O)CN1CCOCC1)C(=O)N[C@@H](Cc1ccccc1)C(=O)O. The summed E-state index contributed by atoms with van der Waals surface area (Å²) >= 11 is 0. The molecule has 10 heteroatoms. The highest BCUT2D eigenvalue weighted by molar-refractivity contribution is 5.93. The van der Waals surface area contributed by atoms with Gasteiger partial charge < -0.3 is 25.8 Å². The van der Waals surface area contributed by atoms with E-state index in [0.717, 1.165) is 11.1 Å². The fraction of sp³-hybridized carbons (Fsp3) is 0.515. The molecule has 3 amide bonds. The second-order valence-electron chi connectivity index (χ2n) is 10.8. The molecule has 0 spiro atoms. The van der Waals surface area contributed by atoms with Crippen LogP contribution in [-0.4, -0.2) is 84.7 Å². The highest BCUT2D eigenvalue weighted by Crippen LogP contribution is 2.11. The summed E-state index contributed by atoms with van der Waals surface area (Å²) in [5.41, 5.74) is 1.79. The summed E-state index contributed by atoms with van der Waals surface area (Å²) in [6.07, 6.45) is 1.31. The van der Waals surface area contributed by atoms with Gasteiger partial charge in [-0.2, -0.15) is 0 Å². The van der Waals surface area contributed by atoms with Gasteiger partial charge in [-0.15, -0.1) is 0 Å². The molecule has 0 unspecified atom stereocenters. The van der Waals surface area contributed by atoms with Crippen molar-refractivity contribution >= 4 is 23.7 Å². The van der Waals surface area contributed by atoms with Gasteiger partial charge in [0.2, 0.25) is 17.7 Å². The van der Waals surface area contributed by atoms with Crippen LogP contribution in [0.15, 0.2) is 60.7 Å². The van der Waals surface area contributed by atoms with E-state index in [9.17, 15) is 24.3 Å². The lowest BCUT2D eigenvalue weighted by atomic mass is 10.00. The number of carboxylic acids is 1. The maximum atomic E-state index is 13.5. The summed E-state index contributed by atoms with van der Waals surface area (Å²) in [6, 6.07) is 15.7. The van der Waals surface area contributed by atoms with Gasteiger partial charge in [0, 0.05) is 19.5 Å². The van der Waals surface area contributed by atoms with Gasteiger partial charge in [0.25, 0.3) is 0 Å². The molecule has 0 aliphatic carbocycles. The first-order chi connectivity index (χ1) is 20.7. The van der Waals surface area contributed by atoms with E-state index in [4.69, 9.17) is 4.74 Å². The number of ether oxygens (including phenoxy) is 1. The van der Waals surface area contributed by atoms with Crippen molar-refractivity contribution in [3.63, 3.8) is 0 Å². The van der Waals surface area contributed by atoms with Gasteiger partial charge in [0.05, 0.1) is 19.8 Å². The Morgan fingerprint density at radius 2 is 1.33 bits per heavy atom. The van der Waals surface area contributed by atoms with Crippen LogP contribution in [0.4, 0.5) is 0 Å². The van der Waals surface area contributed by atoms with Crippen LogP contribution in [-0.2, 0) is 36.8 Å². The summed E-state index contributed by atoms with van der Waals surface area (Å²) in [5.74, 6) is -2.45. The summed E-state index contributed by atoms with van der Waals surface area (Å²) in [5, 5.41) is 18.1. The van der Waals surface area contributed by atoms with Gasteiger partial charge in [0.1, 0.15) is 18.1 Å². The molecule has 3 atom stereocenters. The second-order valence-corrected chi connectivity index (χ2v) is 10.8. The minimum atomic E-state index is -1.16. The number of nitrogens with zero attached hydrogens (tertiary/aromatic N) is 1. The Morgan fingerprint density at radius 3 is 1.88 bits per heavy atom. The Kier molecular flexibility index (Phi) is 16.0. The zero-order valence-corrected chi connectivity index (χ0v) is 25.9. The third-order valence-corrected chi connectivity index (χ3v) is 6.92. The van der Waals surface area contributed by atoms with Crippen LogP contribution in [0, 0.1) is 5.92 Å². The van der Waals surface area contributed by atoms with E-state index >= 15 is 0 Å². The lowest BCUT2D eigenvalue weighted by Crippen LogP contribution is -2.57. The van der Waals surface area contributed by atoms with E-state index in [-0.39, 0.29) is 24.8 Å². The van der Waals surface area contributed by atoms with Crippen molar-refractivity contribution in [2.24, 2.45) is 5.92 Å². The van der Waals surface area contributed by atoms with Crippen molar-refractivity contribution in [1.29, 1.82) is 0 Å². The summed E-state index contributed by atoms with van der Waals surface area (Å²) in [6.45, 7) is 10.4. The van der Waals surface area contributed by atoms with E-state index in [2.05, 4.69) is 16.0 Å². The topological polar surface area (TPSA) is 137 Å². The van der Waals surface area contributed by atoms with Crippen LogP contribution in [0.3, 0.4) is 0 Å². The van der Waals surface area contributed by atoms with Gasteiger partial charge in [-0.3, -0.25) is 19.3 Å². The fourth-order valence-corrected chi connectivity index (χ4v) is 4.72. The van der Waals surface area contributed by atoms with Gasteiger partial charge in [-0.25, -0.2) is 4.79 Å². The minimum Gasteiger partial charge on any atom is -0.480 e. The number of hydrogen-bond donors (Lipinski definition) is 4. The van der Waals surface area contributed by atoms with Crippen molar-refractivity contribution in [1.82, 2.24) is 20.9 Å². The minimum absolute atomic E-state index is 0.0436. The first kappa shape index (κ1) is 35.4. The third-order valence-electron chi connectivity index (χ3n) is 6.92. The first-order valence-electron chi connectivity index (χ1n) is 15.2. The Hall–Kier alpha value is -3.76. The molecule has 43 heavy (non-hydrogen) atoms. The lowest BCUT2D eigenvalue weighted by Gasteiger charge is -2.28. The molecule has 0 bridgehead atoms. The molecule has 10 nitrogen and oxygen atoms in total. The summed E-state index contributed by atoms with van der Waals surface area (Å²) in [7, 11) is 0. The maximum absolute atomic E-state index is 13.5. The highest BCUT2D eigenvalue weighted by Gasteiger charge is 2.30. The molecule has 2 aromatic rings. The molecule has 3 rings (SSSR count). The molecule has 0 saturated carbocycles. The number of carboxylic acid groups (broad SMARTS) is 1. The Balaban J connectivity index is 0.00000316. The normalized spacial score (nSPS) is 15.3. The Bertz CT molecular complexity index is 1120. The van der Waals surface area contributed by atoms with Crippen LogP contribution in [0.1, 0.15) is 51.7 Å². The van der Waals surface area contributed by atoms with Gasteiger partial charge in [0.15, 0.2) is 0 Å². The van der Waals surface area contributed by atoms with Crippen molar-refractivity contribution in [3.8, 4) is 0 Å². The predicted octanol–water partition coefficient (Wildman–Crippen LogP) is 2.81. The number of hydrogen-bond acceptors (Lipinski definition) is 6. The van der Waals surface area contributed by atoms with Crippen LogP contribution in [0.5, 0.6) is 0 Å². The van der Waals surface area contributed by atoms with Crippen molar-refractivity contribution in [3.05, 3.63) is 71.8 Å². The highest BCUT2D eigenvalue weighted by atomic mass is 16.5. The monoisotopic (exact) mass is 596 g/mol. The molecular formula is C33H48N4O6. The Labute approximate surface area is 255 Å². The van der Waals surface area contributed by atoms with E-state index in [1.807, 2.05) is 69.0 Å². The zero-order valence-electron chi connectivity index (χ0n) is 25.9. The molecule has 0 aromatic heterocycles. The molecule has 1 saturated heterocycles. The molecule has 236 valence electrons. The smallest absolute Gasteiger partial charge is 0.326 e. The molecular weight excluding hydrogens is 548 g/mol. The molecule has 2 aromatic carbocycles. The number of carbonyl (C=O) groups is 4. The van der Waals surface area contributed by atoms with Crippen molar-refractivity contribution < 1.29 is 29.0 Å². The molecule has 1 aliphatic heterocycles. The summed E-state index contributed by atoms with van der Waals surface area (Å²) < 4.78 is 5.35. The number of rotatable bonds is 15. The summed E-state index contributed by atoms with van der Waals surface area (Å²) in [4.78, 5) is 53.7. The Morgan fingerprint density at radius 1 is 0.791 bits per heavy atom. The average Bonchev–Trinajstić information content (AvgIpc) is 3.00. The number of nitrogens with one attached hydrogen (secondary N) is 3. The predicted molar refractivity (Wildman–Crippen MR) is 166 cm³/mol. The number of aryl methyl sites for hydroxylation is 1. The lowest BCUT2D eigenvalue weighted by molar-refractivity contribution is -0.142. The standard InChI is InChI=1S/C31H42N4O6.C2H6/c1-22(2)19-26(30(38)34-27(31(39)40)20-24-11-7-4-8-12-24)33-29(37)25(14-13-23-9-5-3-6-10-23)32-28(36)21-35-15-17-41-18-16-35;1-2/h3-12,22,25-27H,13-21H2,1-2H3,(H,32,36)(H,33,37)(H,34,38)(H,39,40);1-2H3/t25-,26-,27-;/m0./s1. The van der Waals surface area contributed by atoms with Crippen molar-refractivity contribution in [2.45, 2.75) is 71.5 Å². The average molecular weight is 597 g/mol. The molecule has 4 N–H and O–H groups in total. The number of aliphatic carboxylic acids is 1. The quantitative estimate of drug-likeness (QED) is 0.248. The maximum Gasteiger partial charge on any atom is 0.326 e. The van der Waals surface area contributed by atoms with Crippen LogP contribution in [0.2, 0.25) is 0 Å². The second kappa shape index (κ2) is 19.4. The van der Waals surface area contributed by atoms with E-state index in [1.165, 1.54) is 0 Å². The van der Waals surface area contributed by atoms with Gasteiger partial charge in [-0.05, 0) is 36.3 Å². The molecule has 0 radical (unpaired) electrons. The van der Waals surface area contributed by atoms with Gasteiger partial charge >= 0.3 is 5.97 Å². The van der Waals surface area contributed by atoms with Crippen LogP contribution < -0.4 is 16.0 Å². The fourth-order valence-electron chi connectivity index (χ4n) is 4.72. The molecule has 1 aliphatic rings. The number of morpholine rings is 1. The molecule has 1 heterocycles. The van der Waals surface area contributed by atoms with E-state index in [0.29, 0.717) is 45.6 Å².